The first kappa shape index (κ1) is 13.1. The lowest BCUT2D eigenvalue weighted by Gasteiger charge is -2.10. The van der Waals surface area contributed by atoms with Crippen molar-refractivity contribution < 1.29 is 9.53 Å². The number of para-hydroxylation sites is 2. The van der Waals surface area contributed by atoms with E-state index in [-0.39, 0.29) is 5.91 Å². The lowest BCUT2D eigenvalue weighted by Crippen LogP contribution is -2.17. The monoisotopic (exact) mass is 259 g/mol. The molecule has 5 heteroatoms. The summed E-state index contributed by atoms with van der Waals surface area (Å²) in [4.78, 5) is 12.2. The van der Waals surface area contributed by atoms with E-state index >= 15 is 0 Å². The van der Waals surface area contributed by atoms with E-state index in [1.165, 1.54) is 0 Å². The summed E-state index contributed by atoms with van der Waals surface area (Å²) in [6.45, 7) is 4.47. The lowest BCUT2D eigenvalue weighted by molar-refractivity contribution is 0.101. The Hall–Kier alpha value is -2.30. The van der Waals surface area contributed by atoms with Gasteiger partial charge in [-0.3, -0.25) is 9.48 Å². The summed E-state index contributed by atoms with van der Waals surface area (Å²) in [6.07, 6.45) is 0. The molecule has 1 aromatic heterocycles. The SMILES string of the molecule is CCn1nc(C)cc1C(=O)Nc1ccccc1OC. The Labute approximate surface area is 112 Å². The largest absolute Gasteiger partial charge is 0.495 e. The van der Waals surface area contributed by atoms with Crippen LogP contribution in [0.1, 0.15) is 23.1 Å². The van der Waals surface area contributed by atoms with Crippen molar-refractivity contribution in [1.29, 1.82) is 0 Å². The van der Waals surface area contributed by atoms with Gasteiger partial charge in [-0.2, -0.15) is 5.10 Å². The molecule has 0 fully saturated rings. The molecule has 0 saturated carbocycles. The fourth-order valence-electron chi connectivity index (χ4n) is 1.90. The van der Waals surface area contributed by atoms with Crippen LogP contribution in [0.3, 0.4) is 0 Å². The number of carbonyl (C=O) groups is 1. The van der Waals surface area contributed by atoms with Gasteiger partial charge in [0, 0.05) is 6.54 Å². The minimum Gasteiger partial charge on any atom is -0.495 e. The van der Waals surface area contributed by atoms with Crippen molar-refractivity contribution in [3.8, 4) is 5.75 Å². The maximum absolute atomic E-state index is 12.2. The van der Waals surface area contributed by atoms with Crippen LogP contribution in [0.25, 0.3) is 0 Å². The first-order valence-corrected chi connectivity index (χ1v) is 6.14. The van der Waals surface area contributed by atoms with E-state index in [2.05, 4.69) is 10.4 Å². The van der Waals surface area contributed by atoms with Crippen LogP contribution in [0.5, 0.6) is 5.75 Å². The van der Waals surface area contributed by atoms with Gasteiger partial charge in [0.2, 0.25) is 0 Å². The molecule has 0 aliphatic carbocycles. The van der Waals surface area contributed by atoms with E-state index in [9.17, 15) is 4.79 Å². The number of nitrogens with zero attached hydrogens (tertiary/aromatic N) is 2. The third-order valence-electron chi connectivity index (χ3n) is 2.79. The van der Waals surface area contributed by atoms with Crippen LogP contribution in [-0.2, 0) is 6.54 Å². The van der Waals surface area contributed by atoms with Gasteiger partial charge >= 0.3 is 0 Å². The van der Waals surface area contributed by atoms with E-state index in [1.807, 2.05) is 26.0 Å². The molecule has 1 amide bonds. The van der Waals surface area contributed by atoms with E-state index in [4.69, 9.17) is 4.74 Å². The Balaban J connectivity index is 2.25. The highest BCUT2D eigenvalue weighted by molar-refractivity contribution is 6.03. The molecule has 0 saturated heterocycles. The van der Waals surface area contributed by atoms with Crippen LogP contribution >= 0.6 is 0 Å². The van der Waals surface area contributed by atoms with Gasteiger partial charge in [0.25, 0.3) is 5.91 Å². The molecule has 2 rings (SSSR count). The predicted octanol–water partition coefficient (Wildman–Crippen LogP) is 2.47. The van der Waals surface area contributed by atoms with Crippen molar-refractivity contribution >= 4 is 11.6 Å². The molecule has 19 heavy (non-hydrogen) atoms. The first-order valence-electron chi connectivity index (χ1n) is 6.14. The van der Waals surface area contributed by atoms with Gasteiger partial charge in [-0.25, -0.2) is 0 Å². The number of benzene rings is 1. The quantitative estimate of drug-likeness (QED) is 0.917. The molecule has 0 aliphatic rings. The molecule has 0 aliphatic heterocycles. The highest BCUT2D eigenvalue weighted by Crippen LogP contribution is 2.23. The minimum atomic E-state index is -0.188. The number of aryl methyl sites for hydroxylation is 2. The fraction of sp³-hybridized carbons (Fsp3) is 0.286. The fourth-order valence-corrected chi connectivity index (χ4v) is 1.90. The Morgan fingerprint density at radius 1 is 1.42 bits per heavy atom. The summed E-state index contributed by atoms with van der Waals surface area (Å²) in [5.74, 6) is 0.446. The lowest BCUT2D eigenvalue weighted by atomic mass is 10.2. The molecular weight excluding hydrogens is 242 g/mol. The van der Waals surface area contributed by atoms with Gasteiger partial charge in [0.15, 0.2) is 0 Å². The Morgan fingerprint density at radius 2 is 2.16 bits per heavy atom. The molecule has 1 aromatic carbocycles. The Morgan fingerprint density at radius 3 is 2.84 bits per heavy atom. The highest BCUT2D eigenvalue weighted by atomic mass is 16.5. The van der Waals surface area contributed by atoms with E-state index in [1.54, 1.807) is 30.0 Å². The molecule has 0 bridgehead atoms. The molecule has 1 heterocycles. The maximum atomic E-state index is 12.2. The van der Waals surface area contributed by atoms with Crippen LogP contribution in [-0.4, -0.2) is 22.8 Å². The number of aromatic nitrogens is 2. The minimum absolute atomic E-state index is 0.188. The Kier molecular flexibility index (Phi) is 3.85. The van der Waals surface area contributed by atoms with Gasteiger partial charge in [0.1, 0.15) is 11.4 Å². The molecule has 5 nitrogen and oxygen atoms in total. The number of nitrogens with one attached hydrogen (secondary N) is 1. The summed E-state index contributed by atoms with van der Waals surface area (Å²) < 4.78 is 6.89. The van der Waals surface area contributed by atoms with Gasteiger partial charge in [-0.15, -0.1) is 0 Å². The number of amides is 1. The molecule has 0 unspecified atom stereocenters. The zero-order valence-electron chi connectivity index (χ0n) is 11.3. The molecule has 2 aromatic rings. The summed E-state index contributed by atoms with van der Waals surface area (Å²) in [7, 11) is 1.57. The van der Waals surface area contributed by atoms with Crippen LogP contribution in [0.4, 0.5) is 5.69 Å². The van der Waals surface area contributed by atoms with Gasteiger partial charge < -0.3 is 10.1 Å². The van der Waals surface area contributed by atoms with Gasteiger partial charge in [0.05, 0.1) is 18.5 Å². The van der Waals surface area contributed by atoms with Crippen molar-refractivity contribution in [1.82, 2.24) is 9.78 Å². The molecular formula is C14H17N3O2. The van der Waals surface area contributed by atoms with Crippen molar-refractivity contribution in [3.63, 3.8) is 0 Å². The predicted molar refractivity (Wildman–Crippen MR) is 73.6 cm³/mol. The molecule has 0 atom stereocenters. The molecule has 0 radical (unpaired) electrons. The van der Waals surface area contributed by atoms with E-state index < -0.39 is 0 Å². The third-order valence-corrected chi connectivity index (χ3v) is 2.79. The first-order chi connectivity index (χ1) is 9.15. The summed E-state index contributed by atoms with van der Waals surface area (Å²) >= 11 is 0. The summed E-state index contributed by atoms with van der Waals surface area (Å²) in [5.41, 5.74) is 2.02. The van der Waals surface area contributed by atoms with E-state index in [0.29, 0.717) is 23.7 Å². The van der Waals surface area contributed by atoms with Crippen molar-refractivity contribution in [2.75, 3.05) is 12.4 Å². The average Bonchev–Trinajstić information content (AvgIpc) is 2.80. The van der Waals surface area contributed by atoms with Crippen LogP contribution in [0.15, 0.2) is 30.3 Å². The third kappa shape index (κ3) is 2.76. The normalized spacial score (nSPS) is 10.3. The molecule has 0 spiro atoms. The topological polar surface area (TPSA) is 56.2 Å². The number of hydrogen-bond donors (Lipinski definition) is 1. The average molecular weight is 259 g/mol. The number of hydrogen-bond acceptors (Lipinski definition) is 3. The van der Waals surface area contributed by atoms with Crippen LogP contribution in [0.2, 0.25) is 0 Å². The highest BCUT2D eigenvalue weighted by Gasteiger charge is 2.14. The summed E-state index contributed by atoms with van der Waals surface area (Å²) in [6, 6.07) is 9.08. The maximum Gasteiger partial charge on any atom is 0.274 e. The summed E-state index contributed by atoms with van der Waals surface area (Å²) in [5, 5.41) is 7.10. The van der Waals surface area contributed by atoms with Crippen LogP contribution in [0, 0.1) is 6.92 Å². The second-order valence-electron chi connectivity index (χ2n) is 4.14. The van der Waals surface area contributed by atoms with Crippen molar-refractivity contribution in [3.05, 3.63) is 41.7 Å². The standard InChI is InChI=1S/C14H17N3O2/c1-4-17-12(9-10(2)16-17)14(18)15-11-7-5-6-8-13(11)19-3/h5-9H,4H2,1-3H3,(H,15,18). The number of anilines is 1. The number of ether oxygens (including phenoxy) is 1. The van der Waals surface area contributed by atoms with Gasteiger partial charge in [-0.05, 0) is 32.0 Å². The number of methoxy groups -OCH3 is 1. The Bertz CT molecular complexity index is 590. The second kappa shape index (κ2) is 5.56. The van der Waals surface area contributed by atoms with Crippen molar-refractivity contribution in [2.24, 2.45) is 0 Å². The zero-order valence-corrected chi connectivity index (χ0v) is 11.3. The number of carbonyl (C=O) groups excluding carboxylic acids is 1. The van der Waals surface area contributed by atoms with E-state index in [0.717, 1.165) is 5.69 Å². The second-order valence-corrected chi connectivity index (χ2v) is 4.14. The zero-order chi connectivity index (χ0) is 13.8. The van der Waals surface area contributed by atoms with Crippen LogP contribution < -0.4 is 10.1 Å². The smallest absolute Gasteiger partial charge is 0.274 e. The molecule has 1 N–H and O–H groups in total. The number of rotatable bonds is 4. The van der Waals surface area contributed by atoms with Crippen molar-refractivity contribution in [2.45, 2.75) is 20.4 Å². The van der Waals surface area contributed by atoms with Gasteiger partial charge in [-0.1, -0.05) is 12.1 Å². The molecule has 100 valence electrons.